The van der Waals surface area contributed by atoms with Gasteiger partial charge in [-0.3, -0.25) is 14.6 Å². The molecule has 1 aliphatic heterocycles. The number of fused-ring (bicyclic) bond motifs is 1. The molecule has 0 spiro atoms. The van der Waals surface area contributed by atoms with E-state index in [9.17, 15) is 4.79 Å². The quantitative estimate of drug-likeness (QED) is 0.898. The van der Waals surface area contributed by atoms with Crippen molar-refractivity contribution in [1.82, 2.24) is 15.1 Å². The molecular weight excluding hydrogens is 326 g/mol. The van der Waals surface area contributed by atoms with Crippen molar-refractivity contribution in [2.45, 2.75) is 31.8 Å². The number of hydrogen-bond donors (Lipinski definition) is 1. The molecule has 2 heterocycles. The first kappa shape index (κ1) is 17.3. The molecule has 1 aromatic carbocycles. The highest BCUT2D eigenvalue weighted by molar-refractivity contribution is 5.78. The van der Waals surface area contributed by atoms with Crippen LogP contribution in [0.25, 0.3) is 0 Å². The van der Waals surface area contributed by atoms with E-state index in [-0.39, 0.29) is 11.9 Å². The summed E-state index contributed by atoms with van der Waals surface area (Å²) in [6.07, 6.45) is 5.03. The SMILES string of the molecule is O=C(CN1CCN(Cc2ccco2)CC1)N[C@H]1CCCc2ccccc21. The molecule has 0 unspecified atom stereocenters. The maximum Gasteiger partial charge on any atom is 0.234 e. The molecule has 1 aromatic heterocycles. The summed E-state index contributed by atoms with van der Waals surface area (Å²) >= 11 is 0. The Morgan fingerprint density at radius 2 is 1.88 bits per heavy atom. The summed E-state index contributed by atoms with van der Waals surface area (Å²) < 4.78 is 5.42. The molecule has 1 aliphatic carbocycles. The molecule has 1 atom stereocenters. The fraction of sp³-hybridized carbons (Fsp3) is 0.476. The lowest BCUT2D eigenvalue weighted by molar-refractivity contribution is -0.123. The Kier molecular flexibility index (Phi) is 5.37. The van der Waals surface area contributed by atoms with E-state index in [0.29, 0.717) is 6.54 Å². The first-order chi connectivity index (χ1) is 12.8. The molecule has 1 amide bonds. The second-order valence-corrected chi connectivity index (χ2v) is 7.34. The van der Waals surface area contributed by atoms with Crippen LogP contribution < -0.4 is 5.32 Å². The van der Waals surface area contributed by atoms with Gasteiger partial charge >= 0.3 is 0 Å². The Balaban J connectivity index is 1.25. The number of aryl methyl sites for hydroxylation is 1. The van der Waals surface area contributed by atoms with Gasteiger partial charge in [-0.1, -0.05) is 24.3 Å². The number of carbonyl (C=O) groups is 1. The van der Waals surface area contributed by atoms with E-state index in [1.165, 1.54) is 11.1 Å². The van der Waals surface area contributed by atoms with Crippen molar-refractivity contribution in [3.63, 3.8) is 0 Å². The number of furan rings is 1. The number of nitrogens with zero attached hydrogens (tertiary/aromatic N) is 2. The molecule has 0 bridgehead atoms. The van der Waals surface area contributed by atoms with Crippen LogP contribution in [-0.4, -0.2) is 48.4 Å². The third-order valence-corrected chi connectivity index (χ3v) is 5.50. The van der Waals surface area contributed by atoms with Crippen molar-refractivity contribution in [2.24, 2.45) is 0 Å². The van der Waals surface area contributed by atoms with Crippen molar-refractivity contribution < 1.29 is 9.21 Å². The number of benzene rings is 1. The summed E-state index contributed by atoms with van der Waals surface area (Å²) in [7, 11) is 0. The van der Waals surface area contributed by atoms with Crippen LogP contribution in [0, 0.1) is 0 Å². The summed E-state index contributed by atoms with van der Waals surface area (Å²) in [6, 6.07) is 12.6. The molecule has 4 rings (SSSR count). The van der Waals surface area contributed by atoms with Gasteiger partial charge in [0.15, 0.2) is 0 Å². The minimum Gasteiger partial charge on any atom is -0.468 e. The third-order valence-electron chi connectivity index (χ3n) is 5.50. The van der Waals surface area contributed by atoms with Gasteiger partial charge in [-0.25, -0.2) is 0 Å². The number of rotatable bonds is 5. The van der Waals surface area contributed by atoms with Crippen LogP contribution in [0.3, 0.4) is 0 Å². The topological polar surface area (TPSA) is 48.7 Å². The molecule has 5 heteroatoms. The van der Waals surface area contributed by atoms with E-state index < -0.39 is 0 Å². The van der Waals surface area contributed by atoms with E-state index in [1.54, 1.807) is 6.26 Å². The van der Waals surface area contributed by atoms with Crippen LogP contribution in [0.5, 0.6) is 0 Å². The smallest absolute Gasteiger partial charge is 0.234 e. The lowest BCUT2D eigenvalue weighted by Gasteiger charge is -2.34. The number of nitrogens with one attached hydrogen (secondary N) is 1. The Morgan fingerprint density at radius 3 is 2.69 bits per heavy atom. The fourth-order valence-electron chi connectivity index (χ4n) is 4.08. The predicted octanol–water partition coefficient (Wildman–Crippen LogP) is 2.59. The summed E-state index contributed by atoms with van der Waals surface area (Å²) in [5, 5.41) is 3.26. The Bertz CT molecular complexity index is 721. The molecule has 2 aromatic rings. The first-order valence-corrected chi connectivity index (χ1v) is 9.62. The van der Waals surface area contributed by atoms with Gasteiger partial charge in [-0.15, -0.1) is 0 Å². The van der Waals surface area contributed by atoms with E-state index in [0.717, 1.165) is 57.7 Å². The van der Waals surface area contributed by atoms with Gasteiger partial charge in [0.25, 0.3) is 0 Å². The molecule has 2 aliphatic rings. The second-order valence-electron chi connectivity index (χ2n) is 7.34. The average molecular weight is 353 g/mol. The molecule has 0 saturated carbocycles. The van der Waals surface area contributed by atoms with Crippen molar-refractivity contribution in [3.8, 4) is 0 Å². The zero-order chi connectivity index (χ0) is 17.8. The average Bonchev–Trinajstić information content (AvgIpc) is 3.17. The van der Waals surface area contributed by atoms with E-state index in [4.69, 9.17) is 4.42 Å². The molecule has 138 valence electrons. The lowest BCUT2D eigenvalue weighted by Crippen LogP contribution is -2.49. The van der Waals surface area contributed by atoms with Crippen LogP contribution in [-0.2, 0) is 17.8 Å². The van der Waals surface area contributed by atoms with Gasteiger partial charge in [0.1, 0.15) is 5.76 Å². The standard InChI is InChI=1S/C21H27N3O2/c25-21(22-20-9-3-6-17-5-1-2-8-19(17)20)16-24-12-10-23(11-13-24)15-18-7-4-14-26-18/h1-2,4-5,7-8,14,20H,3,6,9-13,15-16H2,(H,22,25)/t20-/m0/s1. The van der Waals surface area contributed by atoms with E-state index >= 15 is 0 Å². The van der Waals surface area contributed by atoms with Crippen LogP contribution >= 0.6 is 0 Å². The highest BCUT2D eigenvalue weighted by atomic mass is 16.3. The maximum absolute atomic E-state index is 12.5. The van der Waals surface area contributed by atoms with Crippen molar-refractivity contribution in [2.75, 3.05) is 32.7 Å². The van der Waals surface area contributed by atoms with Crippen LogP contribution in [0.15, 0.2) is 47.1 Å². The molecular formula is C21H27N3O2. The van der Waals surface area contributed by atoms with Gasteiger partial charge in [0.2, 0.25) is 5.91 Å². The molecule has 5 nitrogen and oxygen atoms in total. The van der Waals surface area contributed by atoms with Crippen molar-refractivity contribution in [3.05, 3.63) is 59.5 Å². The van der Waals surface area contributed by atoms with Gasteiger partial charge in [0.05, 0.1) is 25.4 Å². The van der Waals surface area contributed by atoms with Gasteiger partial charge in [-0.05, 0) is 42.5 Å². The third kappa shape index (κ3) is 4.17. The zero-order valence-corrected chi connectivity index (χ0v) is 15.2. The molecule has 0 radical (unpaired) electrons. The Labute approximate surface area is 155 Å². The minimum atomic E-state index is 0.145. The highest BCUT2D eigenvalue weighted by Gasteiger charge is 2.24. The summed E-state index contributed by atoms with van der Waals surface area (Å²) in [6.45, 7) is 5.14. The molecule has 26 heavy (non-hydrogen) atoms. The van der Waals surface area contributed by atoms with E-state index in [2.05, 4.69) is 39.4 Å². The summed E-state index contributed by atoms with van der Waals surface area (Å²) in [5.41, 5.74) is 2.69. The van der Waals surface area contributed by atoms with Gasteiger partial charge < -0.3 is 9.73 Å². The van der Waals surface area contributed by atoms with Crippen LogP contribution in [0.2, 0.25) is 0 Å². The zero-order valence-electron chi connectivity index (χ0n) is 15.2. The summed E-state index contributed by atoms with van der Waals surface area (Å²) in [4.78, 5) is 17.2. The largest absolute Gasteiger partial charge is 0.468 e. The number of hydrogen-bond acceptors (Lipinski definition) is 4. The van der Waals surface area contributed by atoms with Crippen LogP contribution in [0.1, 0.15) is 35.8 Å². The summed E-state index contributed by atoms with van der Waals surface area (Å²) in [5.74, 6) is 1.15. The maximum atomic E-state index is 12.5. The number of amides is 1. The number of piperazine rings is 1. The number of carbonyl (C=O) groups excluding carboxylic acids is 1. The fourth-order valence-corrected chi connectivity index (χ4v) is 4.08. The molecule has 1 saturated heterocycles. The lowest BCUT2D eigenvalue weighted by atomic mass is 9.88. The molecule has 1 fully saturated rings. The molecule has 1 N–H and O–H groups in total. The van der Waals surface area contributed by atoms with Gasteiger partial charge in [-0.2, -0.15) is 0 Å². The Morgan fingerprint density at radius 1 is 1.08 bits per heavy atom. The predicted molar refractivity (Wildman–Crippen MR) is 101 cm³/mol. The van der Waals surface area contributed by atoms with Crippen molar-refractivity contribution in [1.29, 1.82) is 0 Å². The highest BCUT2D eigenvalue weighted by Crippen LogP contribution is 2.29. The monoisotopic (exact) mass is 353 g/mol. The van der Waals surface area contributed by atoms with Crippen molar-refractivity contribution >= 4 is 5.91 Å². The van der Waals surface area contributed by atoms with Crippen LogP contribution in [0.4, 0.5) is 0 Å². The first-order valence-electron chi connectivity index (χ1n) is 9.62. The second kappa shape index (κ2) is 8.06. The minimum absolute atomic E-state index is 0.145. The van der Waals surface area contributed by atoms with E-state index in [1.807, 2.05) is 12.1 Å². The normalized spacial score (nSPS) is 21.3. The van der Waals surface area contributed by atoms with Gasteiger partial charge in [0, 0.05) is 26.2 Å². The Hall–Kier alpha value is -2.11.